The van der Waals surface area contributed by atoms with E-state index >= 15 is 0 Å². The SMILES string of the molecule is CC1=CC(C)(C)N(C(=O)CSc2nnc(N)s2)c2c(C)cccc21. The molecule has 2 N–H and O–H groups in total. The average molecular weight is 361 g/mol. The van der Waals surface area contributed by atoms with Crippen molar-refractivity contribution in [2.24, 2.45) is 0 Å². The molecule has 5 nitrogen and oxygen atoms in total. The number of nitrogens with two attached hydrogens (primary N) is 1. The van der Waals surface area contributed by atoms with Gasteiger partial charge in [-0.25, -0.2) is 0 Å². The van der Waals surface area contributed by atoms with Crippen LogP contribution in [0.25, 0.3) is 5.57 Å². The fraction of sp³-hybridized carbons (Fsp3) is 0.353. The number of fused-ring (bicyclic) bond motifs is 1. The highest BCUT2D eigenvalue weighted by Gasteiger charge is 2.36. The number of rotatable bonds is 3. The van der Waals surface area contributed by atoms with Crippen molar-refractivity contribution >= 4 is 45.4 Å². The fourth-order valence-electron chi connectivity index (χ4n) is 3.15. The predicted octanol–water partition coefficient (Wildman–Crippen LogP) is 3.75. The van der Waals surface area contributed by atoms with Gasteiger partial charge in [0.25, 0.3) is 0 Å². The number of carbonyl (C=O) groups excluding carboxylic acids is 1. The third kappa shape index (κ3) is 3.06. The Bertz CT molecular complexity index is 826. The number of allylic oxidation sites excluding steroid dienone is 1. The largest absolute Gasteiger partial charge is 0.374 e. The Kier molecular flexibility index (Phi) is 4.40. The first-order valence-electron chi connectivity index (χ1n) is 7.64. The van der Waals surface area contributed by atoms with Gasteiger partial charge in [-0.3, -0.25) is 4.79 Å². The molecule has 1 aromatic carbocycles. The number of thioether (sulfide) groups is 1. The Hall–Kier alpha value is -1.86. The fourth-order valence-corrected chi connectivity index (χ4v) is 4.63. The third-order valence-corrected chi connectivity index (χ3v) is 5.89. The topological polar surface area (TPSA) is 72.1 Å². The lowest BCUT2D eigenvalue weighted by atomic mass is 9.87. The first-order chi connectivity index (χ1) is 11.3. The number of amides is 1. The van der Waals surface area contributed by atoms with Crippen molar-refractivity contribution in [2.45, 2.75) is 37.6 Å². The number of hydrogen-bond acceptors (Lipinski definition) is 6. The van der Waals surface area contributed by atoms with Crippen molar-refractivity contribution in [2.75, 3.05) is 16.4 Å². The lowest BCUT2D eigenvalue weighted by molar-refractivity contribution is -0.116. The first kappa shape index (κ1) is 17.0. The molecule has 0 spiro atoms. The van der Waals surface area contributed by atoms with Gasteiger partial charge in [0, 0.05) is 5.56 Å². The number of aryl methyl sites for hydroxylation is 1. The van der Waals surface area contributed by atoms with E-state index in [0.717, 1.165) is 16.8 Å². The normalized spacial score (nSPS) is 15.8. The molecule has 0 atom stereocenters. The molecule has 1 aliphatic rings. The van der Waals surface area contributed by atoms with Crippen LogP contribution in [0.4, 0.5) is 10.8 Å². The second-order valence-corrected chi connectivity index (χ2v) is 8.61. The number of nitrogens with zero attached hydrogens (tertiary/aromatic N) is 3. The summed E-state index contributed by atoms with van der Waals surface area (Å²) < 4.78 is 0.715. The number of benzene rings is 1. The van der Waals surface area contributed by atoms with Gasteiger partial charge in [0.15, 0.2) is 4.34 Å². The number of para-hydroxylation sites is 1. The van der Waals surface area contributed by atoms with Crippen molar-refractivity contribution in [1.29, 1.82) is 0 Å². The molecule has 2 heterocycles. The summed E-state index contributed by atoms with van der Waals surface area (Å²) in [7, 11) is 0. The molecule has 0 unspecified atom stereocenters. The van der Waals surface area contributed by atoms with E-state index < -0.39 is 0 Å². The number of carbonyl (C=O) groups is 1. The molecule has 0 fully saturated rings. The van der Waals surface area contributed by atoms with E-state index in [0.29, 0.717) is 15.2 Å². The number of anilines is 2. The van der Waals surface area contributed by atoms with Crippen LogP contribution in [0.5, 0.6) is 0 Å². The Morgan fingerprint density at radius 2 is 2.08 bits per heavy atom. The van der Waals surface area contributed by atoms with Crippen LogP contribution in [0.1, 0.15) is 31.9 Å². The van der Waals surface area contributed by atoms with E-state index in [1.165, 1.54) is 28.7 Å². The molecule has 1 amide bonds. The Morgan fingerprint density at radius 3 is 2.75 bits per heavy atom. The van der Waals surface area contributed by atoms with Crippen LogP contribution in [0.2, 0.25) is 0 Å². The maximum Gasteiger partial charge on any atom is 0.238 e. The van der Waals surface area contributed by atoms with Gasteiger partial charge in [0.05, 0.1) is 17.0 Å². The highest BCUT2D eigenvalue weighted by molar-refractivity contribution is 8.01. The van der Waals surface area contributed by atoms with E-state index in [1.54, 1.807) is 0 Å². The van der Waals surface area contributed by atoms with E-state index in [4.69, 9.17) is 5.73 Å². The lowest BCUT2D eigenvalue weighted by Crippen LogP contribution is -2.50. The average Bonchev–Trinajstić information content (AvgIpc) is 2.91. The number of aromatic nitrogens is 2. The third-order valence-electron chi connectivity index (χ3n) is 4.02. The van der Waals surface area contributed by atoms with Gasteiger partial charge in [-0.1, -0.05) is 47.4 Å². The number of nitrogen functional groups attached to an aromatic ring is 1. The molecule has 0 aliphatic carbocycles. The van der Waals surface area contributed by atoms with Crippen LogP contribution in [0, 0.1) is 6.92 Å². The van der Waals surface area contributed by atoms with Crippen LogP contribution in [-0.2, 0) is 4.79 Å². The van der Waals surface area contributed by atoms with Crippen LogP contribution < -0.4 is 10.6 Å². The van der Waals surface area contributed by atoms with Crippen molar-refractivity contribution in [1.82, 2.24) is 10.2 Å². The van der Waals surface area contributed by atoms with Gasteiger partial charge in [0.2, 0.25) is 11.0 Å². The standard InChI is InChI=1S/C17H20N4OS2/c1-10-6-5-7-12-11(2)8-17(3,4)21(14(10)12)13(22)9-23-16-20-19-15(18)24-16/h5-8H,9H2,1-4H3,(H2,18,19). The lowest BCUT2D eigenvalue weighted by Gasteiger charge is -2.42. The molecule has 1 aliphatic heterocycles. The molecular formula is C17H20N4OS2. The van der Waals surface area contributed by atoms with Crippen LogP contribution >= 0.6 is 23.1 Å². The molecule has 126 valence electrons. The van der Waals surface area contributed by atoms with E-state index in [-0.39, 0.29) is 11.4 Å². The van der Waals surface area contributed by atoms with Gasteiger partial charge in [-0.2, -0.15) is 0 Å². The summed E-state index contributed by atoms with van der Waals surface area (Å²) in [4.78, 5) is 14.9. The summed E-state index contributed by atoms with van der Waals surface area (Å²) in [5.74, 6) is 0.358. The monoisotopic (exact) mass is 360 g/mol. The second kappa shape index (κ2) is 6.22. The summed E-state index contributed by atoms with van der Waals surface area (Å²) in [5.41, 5.74) is 9.65. The molecule has 0 bridgehead atoms. The summed E-state index contributed by atoms with van der Waals surface area (Å²) in [6.45, 7) is 8.28. The zero-order chi connectivity index (χ0) is 17.5. The molecule has 0 radical (unpaired) electrons. The summed E-state index contributed by atoms with van der Waals surface area (Å²) in [6, 6.07) is 6.15. The van der Waals surface area contributed by atoms with E-state index in [1.807, 2.05) is 24.0 Å². The van der Waals surface area contributed by atoms with Gasteiger partial charge < -0.3 is 10.6 Å². The minimum atomic E-state index is -0.374. The molecule has 24 heavy (non-hydrogen) atoms. The van der Waals surface area contributed by atoms with Gasteiger partial charge in [-0.15, -0.1) is 10.2 Å². The molecule has 3 rings (SSSR count). The highest BCUT2D eigenvalue weighted by Crippen LogP contribution is 2.41. The quantitative estimate of drug-likeness (QED) is 0.844. The van der Waals surface area contributed by atoms with Crippen molar-refractivity contribution in [3.63, 3.8) is 0 Å². The van der Waals surface area contributed by atoms with Crippen molar-refractivity contribution < 1.29 is 4.79 Å². The zero-order valence-electron chi connectivity index (χ0n) is 14.2. The van der Waals surface area contributed by atoms with Gasteiger partial charge in [-0.05, 0) is 38.8 Å². The maximum absolute atomic E-state index is 13.0. The minimum Gasteiger partial charge on any atom is -0.374 e. The summed E-state index contributed by atoms with van der Waals surface area (Å²) in [6.07, 6.45) is 2.15. The van der Waals surface area contributed by atoms with Gasteiger partial charge >= 0.3 is 0 Å². The predicted molar refractivity (Wildman–Crippen MR) is 101 cm³/mol. The second-order valence-electron chi connectivity index (χ2n) is 6.38. The van der Waals surface area contributed by atoms with Crippen molar-refractivity contribution in [3.05, 3.63) is 35.4 Å². The van der Waals surface area contributed by atoms with Crippen LogP contribution in [0.3, 0.4) is 0 Å². The Balaban J connectivity index is 1.92. The van der Waals surface area contributed by atoms with Crippen molar-refractivity contribution in [3.8, 4) is 0 Å². The molecule has 7 heteroatoms. The Labute approximate surface area is 150 Å². The molecule has 1 aromatic heterocycles. The van der Waals surface area contributed by atoms with Crippen LogP contribution in [-0.4, -0.2) is 27.4 Å². The highest BCUT2D eigenvalue weighted by atomic mass is 32.2. The van der Waals surface area contributed by atoms with Gasteiger partial charge in [0.1, 0.15) is 0 Å². The Morgan fingerprint density at radius 1 is 1.33 bits per heavy atom. The summed E-state index contributed by atoms with van der Waals surface area (Å²) in [5, 5.41) is 8.17. The minimum absolute atomic E-state index is 0.0538. The van der Waals surface area contributed by atoms with Crippen LogP contribution in [0.15, 0.2) is 28.6 Å². The number of hydrogen-bond donors (Lipinski definition) is 1. The smallest absolute Gasteiger partial charge is 0.238 e. The molecule has 2 aromatic rings. The maximum atomic E-state index is 13.0. The van der Waals surface area contributed by atoms with E-state index in [2.05, 4.69) is 43.1 Å². The first-order valence-corrected chi connectivity index (χ1v) is 9.44. The molecule has 0 saturated carbocycles. The zero-order valence-corrected chi connectivity index (χ0v) is 15.8. The molecule has 0 saturated heterocycles. The van der Waals surface area contributed by atoms with E-state index in [9.17, 15) is 4.79 Å². The molecular weight excluding hydrogens is 340 g/mol. The summed E-state index contributed by atoms with van der Waals surface area (Å²) >= 11 is 2.68.